The Labute approximate surface area is 109 Å². The first kappa shape index (κ1) is 10.4. The Morgan fingerprint density at radius 1 is 0.944 bits per heavy atom. The molecular formula is C18H18. The second-order valence-electron chi connectivity index (χ2n) is 5.79. The fourth-order valence-electron chi connectivity index (χ4n) is 3.93. The molecule has 4 rings (SSSR count). The van der Waals surface area contributed by atoms with Crippen molar-refractivity contribution in [1.82, 2.24) is 0 Å². The van der Waals surface area contributed by atoms with Crippen LogP contribution in [0, 0.1) is 17.8 Å². The Hall–Kier alpha value is -1.56. The van der Waals surface area contributed by atoms with Crippen LogP contribution in [0.25, 0.3) is 6.08 Å². The normalized spacial score (nSPS) is 32.2. The Morgan fingerprint density at radius 3 is 2.78 bits per heavy atom. The van der Waals surface area contributed by atoms with Crippen LogP contribution in [0.15, 0.2) is 54.1 Å². The van der Waals surface area contributed by atoms with E-state index < -0.39 is 0 Å². The summed E-state index contributed by atoms with van der Waals surface area (Å²) in [6.45, 7) is 0. The van der Waals surface area contributed by atoms with Crippen molar-refractivity contribution in [3.8, 4) is 0 Å². The average Bonchev–Trinajstić information content (AvgIpc) is 3.02. The zero-order valence-corrected chi connectivity index (χ0v) is 10.5. The molecule has 0 heteroatoms. The van der Waals surface area contributed by atoms with Crippen molar-refractivity contribution in [2.24, 2.45) is 17.8 Å². The highest BCUT2D eigenvalue weighted by molar-refractivity contribution is 5.64. The van der Waals surface area contributed by atoms with Gasteiger partial charge in [0.15, 0.2) is 0 Å². The van der Waals surface area contributed by atoms with Crippen molar-refractivity contribution in [3.05, 3.63) is 65.3 Å². The molecule has 0 radical (unpaired) electrons. The Kier molecular flexibility index (Phi) is 2.29. The maximum Gasteiger partial charge on any atom is -0.00548 e. The van der Waals surface area contributed by atoms with E-state index in [0.717, 1.165) is 17.8 Å². The number of hydrogen-bond donors (Lipinski definition) is 0. The van der Waals surface area contributed by atoms with Gasteiger partial charge in [-0.15, -0.1) is 0 Å². The smallest absolute Gasteiger partial charge is 0.00548 e. The molecule has 0 spiro atoms. The molecule has 90 valence electrons. The SMILES string of the molecule is C1=CC2CCC(C3=Cc4ccccc4C3)C2C=C1. The molecule has 3 atom stereocenters. The van der Waals surface area contributed by atoms with Crippen LogP contribution >= 0.6 is 0 Å². The molecule has 3 aliphatic rings. The van der Waals surface area contributed by atoms with Crippen molar-refractivity contribution in [2.75, 3.05) is 0 Å². The standard InChI is InChI=1S/C18H18/c1-2-7-15-12-16(11-14(15)6-1)18-10-9-13-5-3-4-8-17(13)18/h1-8,11,13,17-18H,9-10,12H2. The molecule has 18 heavy (non-hydrogen) atoms. The zero-order chi connectivity index (χ0) is 11.9. The minimum atomic E-state index is 0.760. The third kappa shape index (κ3) is 1.52. The highest BCUT2D eigenvalue weighted by Gasteiger charge is 2.36. The van der Waals surface area contributed by atoms with Crippen LogP contribution in [0.3, 0.4) is 0 Å². The number of benzene rings is 1. The first-order valence-electron chi connectivity index (χ1n) is 7.05. The van der Waals surface area contributed by atoms with Gasteiger partial charge in [0.1, 0.15) is 0 Å². The molecule has 3 unspecified atom stereocenters. The second-order valence-corrected chi connectivity index (χ2v) is 5.79. The lowest BCUT2D eigenvalue weighted by atomic mass is 9.82. The van der Waals surface area contributed by atoms with Crippen LogP contribution in [-0.4, -0.2) is 0 Å². The van der Waals surface area contributed by atoms with Gasteiger partial charge >= 0.3 is 0 Å². The van der Waals surface area contributed by atoms with Crippen LogP contribution in [0.4, 0.5) is 0 Å². The summed E-state index contributed by atoms with van der Waals surface area (Å²) in [4.78, 5) is 0. The van der Waals surface area contributed by atoms with Crippen molar-refractivity contribution in [1.29, 1.82) is 0 Å². The lowest BCUT2D eigenvalue weighted by Crippen LogP contribution is -2.14. The highest BCUT2D eigenvalue weighted by atomic mass is 14.4. The van der Waals surface area contributed by atoms with Gasteiger partial charge in [-0.1, -0.05) is 60.2 Å². The molecule has 0 bridgehead atoms. The fraction of sp³-hybridized carbons (Fsp3) is 0.333. The van der Waals surface area contributed by atoms with E-state index in [9.17, 15) is 0 Å². The van der Waals surface area contributed by atoms with Gasteiger partial charge < -0.3 is 0 Å². The molecule has 1 aromatic rings. The van der Waals surface area contributed by atoms with E-state index in [1.165, 1.54) is 30.4 Å². The van der Waals surface area contributed by atoms with E-state index in [1.54, 1.807) is 5.57 Å². The van der Waals surface area contributed by atoms with E-state index in [0.29, 0.717) is 0 Å². The van der Waals surface area contributed by atoms with Crippen molar-refractivity contribution < 1.29 is 0 Å². The fourth-order valence-corrected chi connectivity index (χ4v) is 3.93. The number of hydrogen-bond acceptors (Lipinski definition) is 0. The minimum Gasteiger partial charge on any atom is -0.0808 e. The van der Waals surface area contributed by atoms with Gasteiger partial charge in [0, 0.05) is 0 Å². The van der Waals surface area contributed by atoms with Crippen LogP contribution in [0.1, 0.15) is 24.0 Å². The summed E-state index contributed by atoms with van der Waals surface area (Å²) in [5.41, 5.74) is 4.64. The van der Waals surface area contributed by atoms with Gasteiger partial charge in [-0.05, 0) is 48.1 Å². The van der Waals surface area contributed by atoms with E-state index >= 15 is 0 Å². The molecule has 0 aliphatic heterocycles. The summed E-state index contributed by atoms with van der Waals surface area (Å²) in [5, 5.41) is 0. The van der Waals surface area contributed by atoms with Crippen molar-refractivity contribution in [2.45, 2.75) is 19.3 Å². The molecule has 0 nitrogen and oxygen atoms in total. The van der Waals surface area contributed by atoms with Gasteiger partial charge in [0.05, 0.1) is 0 Å². The van der Waals surface area contributed by atoms with Crippen LogP contribution in [0.5, 0.6) is 0 Å². The molecule has 0 heterocycles. The highest BCUT2D eigenvalue weighted by Crippen LogP contribution is 2.46. The zero-order valence-electron chi connectivity index (χ0n) is 10.5. The predicted octanol–water partition coefficient (Wildman–Crippen LogP) is 4.39. The maximum atomic E-state index is 2.45. The van der Waals surface area contributed by atoms with E-state index in [-0.39, 0.29) is 0 Å². The maximum absolute atomic E-state index is 2.45. The first-order chi connectivity index (χ1) is 8.92. The number of allylic oxidation sites excluding steroid dienone is 5. The Balaban J connectivity index is 1.64. The van der Waals surface area contributed by atoms with Crippen LogP contribution in [-0.2, 0) is 6.42 Å². The van der Waals surface area contributed by atoms with Gasteiger partial charge in [0.2, 0.25) is 0 Å². The summed E-state index contributed by atoms with van der Waals surface area (Å²) >= 11 is 0. The second kappa shape index (κ2) is 3.98. The predicted molar refractivity (Wildman–Crippen MR) is 76.1 cm³/mol. The summed E-state index contributed by atoms with van der Waals surface area (Å²) in [7, 11) is 0. The summed E-state index contributed by atoms with van der Waals surface area (Å²) in [5.74, 6) is 2.34. The number of rotatable bonds is 1. The third-order valence-electron chi connectivity index (χ3n) is 4.84. The molecule has 0 amide bonds. The summed E-state index contributed by atoms with van der Waals surface area (Å²) < 4.78 is 0. The van der Waals surface area contributed by atoms with Gasteiger partial charge in [-0.2, -0.15) is 0 Å². The van der Waals surface area contributed by atoms with Crippen LogP contribution < -0.4 is 0 Å². The topological polar surface area (TPSA) is 0 Å². The summed E-state index contributed by atoms with van der Waals surface area (Å²) in [6.07, 6.45) is 15.7. The third-order valence-corrected chi connectivity index (χ3v) is 4.84. The van der Waals surface area contributed by atoms with Crippen LogP contribution in [0.2, 0.25) is 0 Å². The average molecular weight is 234 g/mol. The van der Waals surface area contributed by atoms with Crippen molar-refractivity contribution >= 4 is 6.08 Å². The quantitative estimate of drug-likeness (QED) is 0.676. The van der Waals surface area contributed by atoms with E-state index in [2.05, 4.69) is 54.6 Å². The lowest BCUT2D eigenvalue weighted by molar-refractivity contribution is 0.467. The molecular weight excluding hydrogens is 216 g/mol. The molecule has 1 saturated carbocycles. The van der Waals surface area contributed by atoms with Crippen molar-refractivity contribution in [3.63, 3.8) is 0 Å². The number of fused-ring (bicyclic) bond motifs is 2. The largest absolute Gasteiger partial charge is 0.0808 e. The lowest BCUT2D eigenvalue weighted by Gasteiger charge is -2.23. The van der Waals surface area contributed by atoms with E-state index in [4.69, 9.17) is 0 Å². The first-order valence-corrected chi connectivity index (χ1v) is 7.05. The van der Waals surface area contributed by atoms with Gasteiger partial charge in [0.25, 0.3) is 0 Å². The molecule has 0 N–H and O–H groups in total. The minimum absolute atomic E-state index is 0.760. The van der Waals surface area contributed by atoms with Gasteiger partial charge in [-0.3, -0.25) is 0 Å². The molecule has 1 fully saturated rings. The molecule has 1 aromatic carbocycles. The van der Waals surface area contributed by atoms with Gasteiger partial charge in [-0.25, -0.2) is 0 Å². The van der Waals surface area contributed by atoms with E-state index in [1.807, 2.05) is 0 Å². The Bertz CT molecular complexity index is 559. The molecule has 3 aliphatic carbocycles. The summed E-state index contributed by atoms with van der Waals surface area (Å²) in [6, 6.07) is 8.85. The molecule has 0 saturated heterocycles. The monoisotopic (exact) mass is 234 g/mol. The Morgan fingerprint density at radius 2 is 1.83 bits per heavy atom. The molecule has 0 aromatic heterocycles.